The van der Waals surface area contributed by atoms with E-state index >= 15 is 0 Å². The fraction of sp³-hybridized carbons (Fsp3) is 0.400. The van der Waals surface area contributed by atoms with Crippen molar-refractivity contribution >= 4 is 29.2 Å². The lowest BCUT2D eigenvalue weighted by molar-refractivity contribution is -0.142. The van der Waals surface area contributed by atoms with Crippen LogP contribution in [0.1, 0.15) is 50.8 Å². The lowest BCUT2D eigenvalue weighted by atomic mass is 9.80. The van der Waals surface area contributed by atoms with Crippen LogP contribution in [-0.4, -0.2) is 45.0 Å². The number of nitrogens with zero attached hydrogens (tertiary/aromatic N) is 2. The summed E-state index contributed by atoms with van der Waals surface area (Å²) in [4.78, 5) is 28.8. The molecule has 0 radical (unpaired) electrons. The first-order chi connectivity index (χ1) is 16.6. The van der Waals surface area contributed by atoms with Crippen LogP contribution in [0.4, 0.5) is 11.4 Å². The number of carbonyl (C=O) groups excluding carboxylic acids is 2. The van der Waals surface area contributed by atoms with Crippen LogP contribution in [0, 0.1) is 0 Å². The average Bonchev–Trinajstić information content (AvgIpc) is 3.01. The topological polar surface area (TPSA) is 49.9 Å². The molecule has 0 amide bonds. The number of hydrogen-bond donors (Lipinski definition) is 0. The summed E-state index contributed by atoms with van der Waals surface area (Å²) < 4.78 is 5.10. The molecule has 35 heavy (non-hydrogen) atoms. The van der Waals surface area contributed by atoms with Gasteiger partial charge in [0, 0.05) is 49.9 Å². The molecule has 186 valence electrons. The Morgan fingerprint density at radius 2 is 1.80 bits per heavy atom. The van der Waals surface area contributed by atoms with Crippen LogP contribution in [0.5, 0.6) is 0 Å². The van der Waals surface area contributed by atoms with Gasteiger partial charge >= 0.3 is 5.97 Å². The highest BCUT2D eigenvalue weighted by Gasteiger charge is 2.41. The van der Waals surface area contributed by atoms with E-state index in [-0.39, 0.29) is 23.2 Å². The van der Waals surface area contributed by atoms with E-state index in [1.54, 1.807) is 12.2 Å². The fourth-order valence-electron chi connectivity index (χ4n) is 4.52. The molecule has 5 heteroatoms. The standard InChI is InChI=1S/C30H38N2O3/c1-7-35-29(34)18-19-32-22(2)30(3,4)27-21-24(14-17-28(27)32)20-26(33)11-9-8-10-23-12-15-25(16-13-23)31(5)6/h8-17,21-22H,7,18-20H2,1-6H3/b10-8+,11-9+. The van der Waals surface area contributed by atoms with Gasteiger partial charge in [0.25, 0.3) is 0 Å². The van der Waals surface area contributed by atoms with Gasteiger partial charge in [-0.05, 0) is 54.8 Å². The van der Waals surface area contributed by atoms with E-state index in [0.29, 0.717) is 26.0 Å². The van der Waals surface area contributed by atoms with Crippen LogP contribution < -0.4 is 9.80 Å². The van der Waals surface area contributed by atoms with E-state index in [0.717, 1.165) is 22.5 Å². The minimum atomic E-state index is -0.167. The van der Waals surface area contributed by atoms with Crippen molar-refractivity contribution < 1.29 is 14.3 Å². The third kappa shape index (κ3) is 6.41. The molecule has 0 fully saturated rings. The van der Waals surface area contributed by atoms with Gasteiger partial charge in [-0.15, -0.1) is 0 Å². The molecule has 2 aromatic carbocycles. The number of esters is 1. The van der Waals surface area contributed by atoms with Crippen molar-refractivity contribution in [1.29, 1.82) is 0 Å². The Morgan fingerprint density at radius 3 is 2.46 bits per heavy atom. The number of anilines is 2. The van der Waals surface area contributed by atoms with Crippen molar-refractivity contribution in [1.82, 2.24) is 0 Å². The van der Waals surface area contributed by atoms with Gasteiger partial charge in [-0.1, -0.05) is 56.3 Å². The number of ketones is 1. The van der Waals surface area contributed by atoms with Crippen molar-refractivity contribution in [3.63, 3.8) is 0 Å². The molecular formula is C30H38N2O3. The minimum absolute atomic E-state index is 0.0700. The highest BCUT2D eigenvalue weighted by molar-refractivity contribution is 5.92. The van der Waals surface area contributed by atoms with Gasteiger partial charge in [-0.25, -0.2) is 0 Å². The Kier molecular flexibility index (Phi) is 8.55. The number of rotatable bonds is 10. The zero-order valence-electron chi connectivity index (χ0n) is 21.9. The normalized spacial score (nSPS) is 16.6. The highest BCUT2D eigenvalue weighted by atomic mass is 16.5. The molecule has 5 nitrogen and oxygen atoms in total. The Morgan fingerprint density at radius 1 is 1.09 bits per heavy atom. The molecular weight excluding hydrogens is 436 g/mol. The monoisotopic (exact) mass is 474 g/mol. The summed E-state index contributed by atoms with van der Waals surface area (Å²) in [5.74, 6) is -0.0971. The number of benzene rings is 2. The molecule has 3 rings (SSSR count). The molecule has 0 spiro atoms. The molecule has 0 bridgehead atoms. The third-order valence-electron chi connectivity index (χ3n) is 6.91. The second kappa shape index (κ2) is 11.4. The lowest BCUT2D eigenvalue weighted by Gasteiger charge is -2.31. The van der Waals surface area contributed by atoms with E-state index in [2.05, 4.69) is 67.0 Å². The SMILES string of the molecule is CCOC(=O)CCN1c2ccc(CC(=O)/C=C/C=C/c3ccc(N(C)C)cc3)cc2C(C)(C)C1C. The predicted molar refractivity (Wildman–Crippen MR) is 145 cm³/mol. The molecule has 0 saturated carbocycles. The van der Waals surface area contributed by atoms with Crippen LogP contribution in [-0.2, 0) is 26.2 Å². The molecule has 0 aliphatic carbocycles. The Balaban J connectivity index is 1.63. The van der Waals surface area contributed by atoms with Crippen LogP contribution in [0.3, 0.4) is 0 Å². The first kappa shape index (κ1) is 26.3. The van der Waals surface area contributed by atoms with E-state index in [1.165, 1.54) is 5.56 Å². The van der Waals surface area contributed by atoms with Gasteiger partial charge in [-0.2, -0.15) is 0 Å². The van der Waals surface area contributed by atoms with Crippen molar-refractivity contribution in [2.24, 2.45) is 0 Å². The summed E-state index contributed by atoms with van der Waals surface area (Å²) in [6.07, 6.45) is 8.06. The van der Waals surface area contributed by atoms with Crippen LogP contribution in [0.25, 0.3) is 6.08 Å². The molecule has 1 aliphatic rings. The van der Waals surface area contributed by atoms with E-state index < -0.39 is 0 Å². The zero-order chi connectivity index (χ0) is 25.6. The maximum Gasteiger partial charge on any atom is 0.307 e. The molecule has 0 N–H and O–H groups in total. The molecule has 1 heterocycles. The number of fused-ring (bicyclic) bond motifs is 1. The zero-order valence-corrected chi connectivity index (χ0v) is 21.9. The number of allylic oxidation sites excluding steroid dienone is 3. The summed E-state index contributed by atoms with van der Waals surface area (Å²) in [6.45, 7) is 9.50. The maximum absolute atomic E-state index is 12.6. The predicted octanol–water partition coefficient (Wildman–Crippen LogP) is 5.57. The van der Waals surface area contributed by atoms with Crippen molar-refractivity contribution in [2.75, 3.05) is 37.0 Å². The summed E-state index contributed by atoms with van der Waals surface area (Å²) in [6, 6.07) is 14.8. The Bertz CT molecular complexity index is 1100. The van der Waals surface area contributed by atoms with Crippen LogP contribution in [0.2, 0.25) is 0 Å². The van der Waals surface area contributed by atoms with Crippen molar-refractivity contribution in [2.45, 2.75) is 52.0 Å². The van der Waals surface area contributed by atoms with Gasteiger partial charge in [0.2, 0.25) is 0 Å². The molecule has 1 aliphatic heterocycles. The van der Waals surface area contributed by atoms with E-state index in [1.807, 2.05) is 39.2 Å². The van der Waals surface area contributed by atoms with Gasteiger partial charge in [0.15, 0.2) is 5.78 Å². The number of ether oxygens (including phenoxy) is 1. The molecule has 1 atom stereocenters. The van der Waals surface area contributed by atoms with Gasteiger partial charge in [-0.3, -0.25) is 9.59 Å². The largest absolute Gasteiger partial charge is 0.466 e. The summed E-state index contributed by atoms with van der Waals surface area (Å²) in [5, 5.41) is 0. The second-order valence-electron chi connectivity index (χ2n) is 9.84. The number of carbonyl (C=O) groups is 2. The highest BCUT2D eigenvalue weighted by Crippen LogP contribution is 2.45. The van der Waals surface area contributed by atoms with E-state index in [4.69, 9.17) is 4.74 Å². The Labute approximate surface area is 210 Å². The molecule has 0 aromatic heterocycles. The van der Waals surface area contributed by atoms with Gasteiger partial charge in [0.05, 0.1) is 13.0 Å². The summed E-state index contributed by atoms with van der Waals surface area (Å²) in [7, 11) is 4.04. The number of hydrogen-bond acceptors (Lipinski definition) is 5. The van der Waals surface area contributed by atoms with E-state index in [9.17, 15) is 9.59 Å². The minimum Gasteiger partial charge on any atom is -0.466 e. The molecule has 2 aromatic rings. The lowest BCUT2D eigenvalue weighted by Crippen LogP contribution is -2.40. The smallest absolute Gasteiger partial charge is 0.307 e. The van der Waals surface area contributed by atoms with Gasteiger partial charge < -0.3 is 14.5 Å². The van der Waals surface area contributed by atoms with Crippen LogP contribution in [0.15, 0.2) is 60.7 Å². The Hall–Kier alpha value is -3.34. The average molecular weight is 475 g/mol. The molecule has 1 unspecified atom stereocenters. The second-order valence-corrected chi connectivity index (χ2v) is 9.84. The quantitative estimate of drug-likeness (QED) is 0.256. The summed E-state index contributed by atoms with van der Waals surface area (Å²) in [5.41, 5.74) is 5.54. The van der Waals surface area contributed by atoms with Crippen molar-refractivity contribution in [3.05, 3.63) is 77.4 Å². The third-order valence-corrected chi connectivity index (χ3v) is 6.91. The first-order valence-corrected chi connectivity index (χ1v) is 12.3. The van der Waals surface area contributed by atoms with Crippen molar-refractivity contribution in [3.8, 4) is 0 Å². The fourth-order valence-corrected chi connectivity index (χ4v) is 4.52. The van der Waals surface area contributed by atoms with Gasteiger partial charge in [0.1, 0.15) is 0 Å². The maximum atomic E-state index is 12.6. The summed E-state index contributed by atoms with van der Waals surface area (Å²) >= 11 is 0. The first-order valence-electron chi connectivity index (χ1n) is 12.3. The molecule has 0 saturated heterocycles. The van der Waals surface area contributed by atoms with Crippen LogP contribution >= 0.6 is 0 Å².